The third-order valence-electron chi connectivity index (χ3n) is 7.64. The summed E-state index contributed by atoms with van der Waals surface area (Å²) in [5, 5.41) is 21.4. The highest BCUT2D eigenvalue weighted by molar-refractivity contribution is 7.43. The fraction of sp³-hybridized carbons (Fsp3) is 0.762. The molecule has 0 aromatic rings. The lowest BCUT2D eigenvalue weighted by Gasteiger charge is -2.49. The van der Waals surface area contributed by atoms with Crippen LogP contribution in [0.15, 0.2) is 26.2 Å². The molecule has 13 nitrogen and oxygen atoms in total. The number of ether oxygens (including phenoxy) is 1. The lowest BCUT2D eigenvalue weighted by molar-refractivity contribution is -0.343. The number of hydrogen-bond donors (Lipinski definition) is 4. The molecular weight excluding hydrogens is 479 g/mol. The molecule has 0 saturated carbocycles. The van der Waals surface area contributed by atoms with Crippen LogP contribution in [0.25, 0.3) is 0 Å². The third-order valence-corrected chi connectivity index (χ3v) is 8.11. The lowest BCUT2D eigenvalue weighted by Crippen LogP contribution is -2.68. The van der Waals surface area contributed by atoms with Gasteiger partial charge in [-0.15, -0.1) is 0 Å². The first-order chi connectivity index (χ1) is 16.5. The predicted octanol–water partition coefficient (Wildman–Crippen LogP) is -1.77. The Hall–Kier alpha value is -1.70. The van der Waals surface area contributed by atoms with E-state index in [1.807, 2.05) is 6.21 Å². The van der Waals surface area contributed by atoms with E-state index in [0.717, 1.165) is 44.1 Å². The molecule has 5 rings (SSSR count). The molecule has 0 amide bonds. The normalized spacial score (nSPS) is 41.6. The quantitative estimate of drug-likeness (QED) is 0.312. The Labute approximate surface area is 202 Å². The van der Waals surface area contributed by atoms with Crippen LogP contribution in [0, 0.1) is 0 Å². The summed E-state index contributed by atoms with van der Waals surface area (Å²) in [7, 11) is -5.30. The number of dihydropyridines is 1. The van der Waals surface area contributed by atoms with E-state index in [4.69, 9.17) is 26.2 Å². The molecule has 7 unspecified atom stereocenters. The molecule has 0 aliphatic carbocycles. The largest absolute Gasteiger partial charge is 0.790 e. The van der Waals surface area contributed by atoms with Gasteiger partial charge in [-0.3, -0.25) is 9.98 Å². The molecule has 5 heterocycles. The van der Waals surface area contributed by atoms with Gasteiger partial charge in [-0.25, -0.2) is 4.99 Å². The molecule has 5 aliphatic heterocycles. The van der Waals surface area contributed by atoms with Crippen molar-refractivity contribution in [2.45, 2.75) is 93.1 Å². The molecule has 1 fully saturated rings. The maximum Gasteiger partial charge on any atom is 0.161 e. The zero-order chi connectivity index (χ0) is 25.0. The highest BCUT2D eigenvalue weighted by Gasteiger charge is 2.55. The molecule has 0 aromatic heterocycles. The minimum atomic E-state index is -5.30. The molecular formula is C21H31N6O7P-2. The number of aliphatic hydroxyl groups is 2. The van der Waals surface area contributed by atoms with E-state index in [1.165, 1.54) is 6.34 Å². The van der Waals surface area contributed by atoms with Crippen LogP contribution in [0.2, 0.25) is 0 Å². The highest BCUT2D eigenvalue weighted by atomic mass is 31.2. The van der Waals surface area contributed by atoms with Crippen molar-refractivity contribution in [3.8, 4) is 0 Å². The van der Waals surface area contributed by atoms with Crippen LogP contribution in [0.4, 0.5) is 0 Å². The number of phosphoric acid groups is 1. The van der Waals surface area contributed by atoms with Gasteiger partial charge in [0.25, 0.3) is 0 Å². The van der Waals surface area contributed by atoms with Gasteiger partial charge in [0.2, 0.25) is 0 Å². The monoisotopic (exact) mass is 510 g/mol. The van der Waals surface area contributed by atoms with Crippen LogP contribution in [-0.4, -0.2) is 81.9 Å². The molecule has 0 radical (unpaired) electrons. The topological polar surface area (TPSA) is 214 Å². The van der Waals surface area contributed by atoms with E-state index >= 15 is 0 Å². The predicted molar refractivity (Wildman–Crippen MR) is 122 cm³/mol. The molecule has 7 atom stereocenters. The summed E-state index contributed by atoms with van der Waals surface area (Å²) in [6.07, 6.45) is 4.58. The summed E-state index contributed by atoms with van der Waals surface area (Å²) in [6.45, 7) is -0.736. The van der Waals surface area contributed by atoms with Crippen LogP contribution < -0.4 is 21.3 Å². The number of aliphatic hydroxyl groups excluding tert-OH is 2. The average Bonchev–Trinajstić information content (AvgIpc) is 2.97. The average molecular weight is 510 g/mol. The van der Waals surface area contributed by atoms with E-state index in [2.05, 4.69) is 9.52 Å². The van der Waals surface area contributed by atoms with Crippen LogP contribution in [0.3, 0.4) is 0 Å². The SMILES string of the molecule is NC1=NC23C=NC4C(=C1N=CN(C1OC(COP(=O)([O-])[O-])C(O)C1O)C4(N)CCCCCCC2)C3. The Bertz CT molecular complexity index is 1030. The minimum Gasteiger partial charge on any atom is -0.790 e. The molecule has 14 heteroatoms. The molecule has 3 bridgehead atoms. The first kappa shape index (κ1) is 25.0. The maximum atomic E-state index is 10.9. The number of phosphoric ester groups is 1. The van der Waals surface area contributed by atoms with Crippen molar-refractivity contribution in [1.82, 2.24) is 4.90 Å². The summed E-state index contributed by atoms with van der Waals surface area (Å²) in [6, 6.07) is -0.548. The molecule has 5 aliphatic rings. The fourth-order valence-electron chi connectivity index (χ4n) is 5.87. The number of nitrogens with zero attached hydrogens (tertiary/aromatic N) is 4. The number of amidine groups is 1. The summed E-state index contributed by atoms with van der Waals surface area (Å²) in [5.41, 5.74) is 13.2. The molecule has 0 aromatic carbocycles. The standard InChI is InChI=1S/C21H33N6O7P/c22-18-14-12-8-20(26-18)6-4-2-1-3-5-7-21(23,17(12)24-10-20)27(11-25-14)19-16(29)15(28)13(34-19)9-33-35(30,31)32/h10-11,13,15-17,19,28-29H,1-9,23H2,(H2,22,26)(H2,30,31,32)/p-2. The summed E-state index contributed by atoms with van der Waals surface area (Å²) in [4.78, 5) is 37.6. The van der Waals surface area contributed by atoms with E-state index in [9.17, 15) is 24.6 Å². The van der Waals surface area contributed by atoms with Gasteiger partial charge in [-0.1, -0.05) is 25.7 Å². The second-order valence-corrected chi connectivity index (χ2v) is 11.2. The zero-order valence-electron chi connectivity index (χ0n) is 19.2. The van der Waals surface area contributed by atoms with Crippen molar-refractivity contribution in [2.24, 2.45) is 26.4 Å². The van der Waals surface area contributed by atoms with Crippen molar-refractivity contribution >= 4 is 26.2 Å². The van der Waals surface area contributed by atoms with Crippen LogP contribution in [0.1, 0.15) is 51.4 Å². The Morgan fingerprint density at radius 3 is 2.66 bits per heavy atom. The summed E-state index contributed by atoms with van der Waals surface area (Å²) >= 11 is 0. The lowest BCUT2D eigenvalue weighted by atomic mass is 9.74. The van der Waals surface area contributed by atoms with Gasteiger partial charge in [0, 0.05) is 12.6 Å². The molecule has 194 valence electrons. The molecule has 6 N–H and O–H groups in total. The molecule has 35 heavy (non-hydrogen) atoms. The van der Waals surface area contributed by atoms with E-state index < -0.39 is 56.2 Å². The first-order valence-corrected chi connectivity index (χ1v) is 13.4. The summed E-state index contributed by atoms with van der Waals surface area (Å²) < 4.78 is 21.0. The van der Waals surface area contributed by atoms with Gasteiger partial charge in [-0.05, 0) is 24.8 Å². The van der Waals surface area contributed by atoms with E-state index in [-0.39, 0.29) is 0 Å². The van der Waals surface area contributed by atoms with Gasteiger partial charge >= 0.3 is 0 Å². The van der Waals surface area contributed by atoms with Crippen molar-refractivity contribution in [3.63, 3.8) is 0 Å². The Kier molecular flexibility index (Phi) is 6.42. The molecule has 1 spiro atoms. The van der Waals surface area contributed by atoms with Gasteiger partial charge in [-0.2, -0.15) is 0 Å². The number of nitrogens with two attached hydrogens (primary N) is 2. The molecule has 1 saturated heterocycles. The van der Waals surface area contributed by atoms with Crippen LogP contribution >= 0.6 is 7.82 Å². The smallest absolute Gasteiger partial charge is 0.161 e. The van der Waals surface area contributed by atoms with Gasteiger partial charge < -0.3 is 50.2 Å². The van der Waals surface area contributed by atoms with Crippen LogP contribution in [0.5, 0.6) is 0 Å². The van der Waals surface area contributed by atoms with Crippen molar-refractivity contribution in [1.29, 1.82) is 0 Å². The minimum absolute atomic E-state index is 0.306. The second kappa shape index (κ2) is 9.00. The second-order valence-electron chi connectivity index (χ2n) is 10.0. The van der Waals surface area contributed by atoms with Crippen molar-refractivity contribution in [3.05, 3.63) is 11.3 Å². The highest BCUT2D eigenvalue weighted by Crippen LogP contribution is 2.45. The Morgan fingerprint density at radius 1 is 1.20 bits per heavy atom. The zero-order valence-corrected chi connectivity index (χ0v) is 20.1. The third kappa shape index (κ3) is 4.49. The van der Waals surface area contributed by atoms with Gasteiger partial charge in [0.05, 0.1) is 20.8 Å². The number of rotatable bonds is 4. The van der Waals surface area contributed by atoms with Crippen molar-refractivity contribution < 1.29 is 33.8 Å². The summed E-state index contributed by atoms with van der Waals surface area (Å²) in [5.74, 6) is 0.306. The van der Waals surface area contributed by atoms with Crippen LogP contribution in [-0.2, 0) is 13.8 Å². The maximum absolute atomic E-state index is 10.9. The first-order valence-electron chi connectivity index (χ1n) is 12.0. The fourth-order valence-corrected chi connectivity index (χ4v) is 6.20. The Balaban J connectivity index is 1.52. The number of hydrogen-bond acceptors (Lipinski definition) is 13. The Morgan fingerprint density at radius 2 is 1.91 bits per heavy atom. The van der Waals surface area contributed by atoms with Crippen molar-refractivity contribution in [2.75, 3.05) is 6.61 Å². The van der Waals surface area contributed by atoms with Gasteiger partial charge in [0.1, 0.15) is 47.1 Å². The van der Waals surface area contributed by atoms with Gasteiger partial charge in [0.15, 0.2) is 6.23 Å². The van der Waals surface area contributed by atoms with E-state index in [0.29, 0.717) is 24.4 Å². The number of aliphatic imine (C=N–C) groups is 3. The van der Waals surface area contributed by atoms with E-state index in [1.54, 1.807) is 4.90 Å².